The third-order valence-corrected chi connectivity index (χ3v) is 3.46. The molecule has 0 aliphatic rings. The Morgan fingerprint density at radius 3 is 2.44 bits per heavy atom. The lowest BCUT2D eigenvalue weighted by Crippen LogP contribution is -1.99. The van der Waals surface area contributed by atoms with Gasteiger partial charge in [0.05, 0.1) is 14.2 Å². The zero-order valence-electron chi connectivity index (χ0n) is 12.2. The first-order valence-electron chi connectivity index (χ1n) is 6.94. The molecule has 0 amide bonds. The Morgan fingerprint density at radius 2 is 1.83 bits per heavy atom. The summed E-state index contributed by atoms with van der Waals surface area (Å²) < 4.78 is 10.7. The largest absolute Gasteiger partial charge is 0.497 e. The minimum Gasteiger partial charge on any atom is -0.497 e. The monoisotopic (exact) mass is 250 g/mol. The van der Waals surface area contributed by atoms with Crippen LogP contribution < -0.4 is 9.47 Å². The molecule has 0 aliphatic heterocycles. The van der Waals surface area contributed by atoms with E-state index in [9.17, 15) is 0 Å². The fourth-order valence-electron chi connectivity index (χ4n) is 2.26. The van der Waals surface area contributed by atoms with E-state index >= 15 is 0 Å². The van der Waals surface area contributed by atoms with E-state index in [-0.39, 0.29) is 0 Å². The topological polar surface area (TPSA) is 18.5 Å². The Morgan fingerprint density at radius 1 is 1.06 bits per heavy atom. The van der Waals surface area contributed by atoms with E-state index in [1.54, 1.807) is 14.2 Å². The molecule has 1 rings (SSSR count). The predicted molar refractivity (Wildman–Crippen MR) is 76.7 cm³/mol. The third-order valence-electron chi connectivity index (χ3n) is 3.46. The van der Waals surface area contributed by atoms with Crippen LogP contribution in [0.25, 0.3) is 0 Å². The Kier molecular flexibility index (Phi) is 6.63. The van der Waals surface area contributed by atoms with Crippen molar-refractivity contribution in [2.24, 2.45) is 0 Å². The van der Waals surface area contributed by atoms with Crippen LogP contribution in [0.4, 0.5) is 0 Å². The standard InChI is InChI=1S/C16H26O2/c1-5-6-7-8-9-13(2)15-12-14(17-3)10-11-16(15)18-4/h10-13H,5-9H2,1-4H3. The highest BCUT2D eigenvalue weighted by molar-refractivity contribution is 5.42. The second-order valence-electron chi connectivity index (χ2n) is 4.86. The second-order valence-corrected chi connectivity index (χ2v) is 4.86. The number of ether oxygens (including phenoxy) is 2. The van der Waals surface area contributed by atoms with Gasteiger partial charge in [-0.2, -0.15) is 0 Å². The van der Waals surface area contributed by atoms with Crippen LogP contribution in [0.15, 0.2) is 18.2 Å². The first-order valence-corrected chi connectivity index (χ1v) is 6.94. The Labute approximate surface area is 111 Å². The molecule has 2 heteroatoms. The lowest BCUT2D eigenvalue weighted by Gasteiger charge is -2.16. The van der Waals surface area contributed by atoms with Crippen molar-refractivity contribution >= 4 is 0 Å². The summed E-state index contributed by atoms with van der Waals surface area (Å²) in [5.41, 5.74) is 1.26. The van der Waals surface area contributed by atoms with Crippen molar-refractivity contribution in [1.29, 1.82) is 0 Å². The van der Waals surface area contributed by atoms with Crippen LogP contribution >= 0.6 is 0 Å². The van der Waals surface area contributed by atoms with Crippen LogP contribution in [-0.2, 0) is 0 Å². The van der Waals surface area contributed by atoms with Gasteiger partial charge in [-0.1, -0.05) is 39.5 Å². The molecule has 0 bridgehead atoms. The van der Waals surface area contributed by atoms with Crippen LogP contribution in [0, 0.1) is 0 Å². The van der Waals surface area contributed by atoms with E-state index in [0.29, 0.717) is 5.92 Å². The van der Waals surface area contributed by atoms with Crippen LogP contribution in [0.3, 0.4) is 0 Å². The van der Waals surface area contributed by atoms with Gasteiger partial charge in [-0.05, 0) is 30.5 Å². The smallest absolute Gasteiger partial charge is 0.122 e. The summed E-state index contributed by atoms with van der Waals surface area (Å²) in [4.78, 5) is 0. The van der Waals surface area contributed by atoms with Gasteiger partial charge in [-0.15, -0.1) is 0 Å². The van der Waals surface area contributed by atoms with Crippen molar-refractivity contribution in [2.75, 3.05) is 14.2 Å². The summed E-state index contributed by atoms with van der Waals surface area (Å²) in [6.45, 7) is 4.51. The van der Waals surface area contributed by atoms with Gasteiger partial charge in [0.25, 0.3) is 0 Å². The van der Waals surface area contributed by atoms with Crippen LogP contribution in [0.5, 0.6) is 11.5 Å². The highest BCUT2D eigenvalue weighted by Crippen LogP contribution is 2.33. The molecule has 102 valence electrons. The first kappa shape index (κ1) is 14.9. The van der Waals surface area contributed by atoms with Crippen molar-refractivity contribution in [1.82, 2.24) is 0 Å². The van der Waals surface area contributed by atoms with Crippen LogP contribution in [0.1, 0.15) is 57.4 Å². The summed E-state index contributed by atoms with van der Waals surface area (Å²) in [6.07, 6.45) is 6.45. The Balaban J connectivity index is 2.66. The van der Waals surface area contributed by atoms with Gasteiger partial charge < -0.3 is 9.47 Å². The maximum absolute atomic E-state index is 5.44. The lowest BCUT2D eigenvalue weighted by atomic mass is 9.94. The van der Waals surface area contributed by atoms with Crippen molar-refractivity contribution in [3.8, 4) is 11.5 Å². The fraction of sp³-hybridized carbons (Fsp3) is 0.625. The maximum atomic E-state index is 5.44. The van der Waals surface area contributed by atoms with Gasteiger partial charge in [-0.25, -0.2) is 0 Å². The van der Waals surface area contributed by atoms with Crippen molar-refractivity contribution in [3.63, 3.8) is 0 Å². The van der Waals surface area contributed by atoms with Gasteiger partial charge in [0.2, 0.25) is 0 Å². The zero-order valence-corrected chi connectivity index (χ0v) is 12.2. The number of methoxy groups -OCH3 is 2. The first-order chi connectivity index (χ1) is 8.72. The highest BCUT2D eigenvalue weighted by atomic mass is 16.5. The molecule has 0 heterocycles. The van der Waals surface area contributed by atoms with E-state index in [1.165, 1.54) is 37.7 Å². The number of benzene rings is 1. The minimum absolute atomic E-state index is 0.520. The molecular weight excluding hydrogens is 224 g/mol. The normalized spacial score (nSPS) is 12.2. The molecule has 0 saturated carbocycles. The van der Waals surface area contributed by atoms with Crippen molar-refractivity contribution < 1.29 is 9.47 Å². The average molecular weight is 250 g/mol. The van der Waals surface area contributed by atoms with E-state index < -0.39 is 0 Å². The number of unbranched alkanes of at least 4 members (excludes halogenated alkanes) is 3. The maximum Gasteiger partial charge on any atom is 0.122 e. The molecule has 1 aromatic rings. The summed E-state index contributed by atoms with van der Waals surface area (Å²) in [5.74, 6) is 2.40. The van der Waals surface area contributed by atoms with Gasteiger partial charge >= 0.3 is 0 Å². The molecule has 2 nitrogen and oxygen atoms in total. The van der Waals surface area contributed by atoms with Gasteiger partial charge in [0, 0.05) is 5.56 Å². The van der Waals surface area contributed by atoms with E-state index in [1.807, 2.05) is 12.1 Å². The van der Waals surface area contributed by atoms with Crippen LogP contribution in [0.2, 0.25) is 0 Å². The number of hydrogen-bond acceptors (Lipinski definition) is 2. The number of rotatable bonds is 8. The zero-order chi connectivity index (χ0) is 13.4. The molecule has 0 aromatic heterocycles. The molecular formula is C16H26O2. The summed E-state index contributed by atoms with van der Waals surface area (Å²) in [6, 6.07) is 6.05. The van der Waals surface area contributed by atoms with Gasteiger partial charge in [0.1, 0.15) is 11.5 Å². The summed E-state index contributed by atoms with van der Waals surface area (Å²) >= 11 is 0. The summed E-state index contributed by atoms with van der Waals surface area (Å²) in [7, 11) is 3.44. The lowest BCUT2D eigenvalue weighted by molar-refractivity contribution is 0.394. The quantitative estimate of drug-likeness (QED) is 0.618. The Hall–Kier alpha value is -1.18. The number of hydrogen-bond donors (Lipinski definition) is 0. The summed E-state index contributed by atoms with van der Waals surface area (Å²) in [5, 5.41) is 0. The van der Waals surface area contributed by atoms with Crippen molar-refractivity contribution in [2.45, 2.75) is 51.9 Å². The molecule has 0 fully saturated rings. The molecule has 0 radical (unpaired) electrons. The average Bonchev–Trinajstić information content (AvgIpc) is 2.42. The molecule has 0 spiro atoms. The predicted octanol–water partition coefficient (Wildman–Crippen LogP) is 4.78. The second kappa shape index (κ2) is 8.02. The van der Waals surface area contributed by atoms with E-state index in [4.69, 9.17) is 9.47 Å². The molecule has 1 aromatic carbocycles. The molecule has 0 aliphatic carbocycles. The SMILES string of the molecule is CCCCCCC(C)c1cc(OC)ccc1OC. The van der Waals surface area contributed by atoms with Crippen LogP contribution in [-0.4, -0.2) is 14.2 Å². The van der Waals surface area contributed by atoms with Gasteiger partial charge in [0.15, 0.2) is 0 Å². The Bertz CT molecular complexity index is 347. The molecule has 1 atom stereocenters. The third kappa shape index (κ3) is 4.25. The van der Waals surface area contributed by atoms with E-state index in [0.717, 1.165) is 11.5 Å². The molecule has 1 unspecified atom stereocenters. The minimum atomic E-state index is 0.520. The van der Waals surface area contributed by atoms with E-state index in [2.05, 4.69) is 19.9 Å². The van der Waals surface area contributed by atoms with Gasteiger partial charge in [-0.3, -0.25) is 0 Å². The molecule has 0 saturated heterocycles. The fourth-order valence-corrected chi connectivity index (χ4v) is 2.26. The molecule has 18 heavy (non-hydrogen) atoms. The molecule has 0 N–H and O–H groups in total. The van der Waals surface area contributed by atoms with Crippen molar-refractivity contribution in [3.05, 3.63) is 23.8 Å². The highest BCUT2D eigenvalue weighted by Gasteiger charge is 2.12.